The maximum Gasteiger partial charge on any atom is 0.320 e. The second-order valence-electron chi connectivity index (χ2n) is 3.83. The van der Waals surface area contributed by atoms with E-state index in [0.717, 1.165) is 12.8 Å². The van der Waals surface area contributed by atoms with E-state index in [0.29, 0.717) is 6.42 Å². The van der Waals surface area contributed by atoms with Crippen LogP contribution in [0.4, 0.5) is 0 Å². The summed E-state index contributed by atoms with van der Waals surface area (Å²) in [5, 5.41) is 8.46. The lowest BCUT2D eigenvalue weighted by Crippen LogP contribution is -2.34. The molecule has 0 bridgehead atoms. The predicted octanol–water partition coefficient (Wildman–Crippen LogP) is 0.306. The van der Waals surface area contributed by atoms with Crippen molar-refractivity contribution < 1.29 is 9.90 Å². The Balaban J connectivity index is 3.51. The van der Waals surface area contributed by atoms with E-state index < -0.39 is 12.0 Å². The van der Waals surface area contributed by atoms with E-state index in [1.54, 1.807) is 0 Å². The molecule has 0 aliphatic rings. The highest BCUT2D eigenvalue weighted by atomic mass is 16.4. The van der Waals surface area contributed by atoms with Gasteiger partial charge in [-0.25, -0.2) is 0 Å². The molecule has 0 aromatic rings. The van der Waals surface area contributed by atoms with Crippen molar-refractivity contribution in [1.82, 2.24) is 0 Å². The van der Waals surface area contributed by atoms with Crippen molar-refractivity contribution in [1.29, 1.82) is 0 Å². The van der Waals surface area contributed by atoms with E-state index in [4.69, 9.17) is 16.6 Å². The molecule has 0 aromatic heterocycles. The molecule has 72 valence electrons. The van der Waals surface area contributed by atoms with Crippen molar-refractivity contribution in [2.45, 2.75) is 44.7 Å². The average molecular weight is 174 g/mol. The molecule has 0 radical (unpaired) electrons. The number of carboxylic acid groups (broad SMARTS) is 1. The zero-order valence-corrected chi connectivity index (χ0v) is 7.71. The van der Waals surface area contributed by atoms with Crippen LogP contribution in [0.25, 0.3) is 0 Å². The highest BCUT2D eigenvalue weighted by Gasteiger charge is 2.14. The zero-order valence-electron chi connectivity index (χ0n) is 7.71. The Kier molecular flexibility index (Phi) is 4.20. The van der Waals surface area contributed by atoms with Crippen LogP contribution in [0, 0.1) is 0 Å². The Morgan fingerprint density at radius 3 is 2.42 bits per heavy atom. The van der Waals surface area contributed by atoms with Crippen molar-refractivity contribution in [2.24, 2.45) is 11.5 Å². The van der Waals surface area contributed by atoms with Crippen LogP contribution < -0.4 is 11.5 Å². The van der Waals surface area contributed by atoms with Crippen LogP contribution in [0.5, 0.6) is 0 Å². The minimum atomic E-state index is -0.940. The summed E-state index contributed by atoms with van der Waals surface area (Å²) < 4.78 is 0. The molecule has 0 amide bonds. The first-order valence-corrected chi connectivity index (χ1v) is 4.10. The fourth-order valence-corrected chi connectivity index (χ4v) is 0.901. The van der Waals surface area contributed by atoms with Gasteiger partial charge in [0.2, 0.25) is 0 Å². The molecule has 0 fully saturated rings. The third-order valence-electron chi connectivity index (χ3n) is 1.65. The first-order chi connectivity index (χ1) is 5.33. The summed E-state index contributed by atoms with van der Waals surface area (Å²) in [6, 6.07) is -0.743. The van der Waals surface area contributed by atoms with Crippen molar-refractivity contribution in [3.8, 4) is 0 Å². The predicted molar refractivity (Wildman–Crippen MR) is 47.7 cm³/mol. The van der Waals surface area contributed by atoms with Crippen LogP contribution in [0.2, 0.25) is 0 Å². The lowest BCUT2D eigenvalue weighted by molar-refractivity contribution is -0.138. The lowest BCUT2D eigenvalue weighted by atomic mass is 9.97. The number of aliphatic carboxylic acids is 1. The van der Waals surface area contributed by atoms with Crippen LogP contribution in [-0.4, -0.2) is 22.7 Å². The fourth-order valence-electron chi connectivity index (χ4n) is 0.901. The molecule has 0 rings (SSSR count). The molecule has 0 saturated heterocycles. The maximum atomic E-state index is 10.3. The van der Waals surface area contributed by atoms with Crippen LogP contribution >= 0.6 is 0 Å². The summed E-state index contributed by atoms with van der Waals surface area (Å²) in [5.41, 5.74) is 10.8. The van der Waals surface area contributed by atoms with E-state index in [2.05, 4.69) is 0 Å². The largest absolute Gasteiger partial charge is 0.480 e. The van der Waals surface area contributed by atoms with Crippen LogP contribution in [0.15, 0.2) is 0 Å². The molecular weight excluding hydrogens is 156 g/mol. The van der Waals surface area contributed by atoms with Gasteiger partial charge in [0.05, 0.1) is 0 Å². The van der Waals surface area contributed by atoms with Gasteiger partial charge in [-0.15, -0.1) is 0 Å². The molecule has 5 N–H and O–H groups in total. The molecule has 12 heavy (non-hydrogen) atoms. The summed E-state index contributed by atoms with van der Waals surface area (Å²) in [6.45, 7) is 3.83. The zero-order chi connectivity index (χ0) is 9.78. The lowest BCUT2D eigenvalue weighted by Gasteiger charge is -2.18. The Hall–Kier alpha value is -0.610. The van der Waals surface area contributed by atoms with E-state index >= 15 is 0 Å². The average Bonchev–Trinajstić information content (AvgIpc) is 1.84. The quantitative estimate of drug-likeness (QED) is 0.559. The van der Waals surface area contributed by atoms with Crippen LogP contribution in [0.1, 0.15) is 33.1 Å². The van der Waals surface area contributed by atoms with Crippen molar-refractivity contribution in [3.05, 3.63) is 0 Å². The van der Waals surface area contributed by atoms with Gasteiger partial charge >= 0.3 is 5.97 Å². The molecule has 0 aliphatic heterocycles. The van der Waals surface area contributed by atoms with Gasteiger partial charge in [-0.1, -0.05) is 0 Å². The molecule has 0 aliphatic carbocycles. The van der Waals surface area contributed by atoms with Gasteiger partial charge in [0.15, 0.2) is 0 Å². The Morgan fingerprint density at radius 2 is 2.08 bits per heavy atom. The number of nitrogens with two attached hydrogens (primary N) is 2. The second kappa shape index (κ2) is 4.42. The molecular formula is C8H18N2O2. The third-order valence-corrected chi connectivity index (χ3v) is 1.65. The SMILES string of the molecule is CC(C)(N)CCC[C@@H](N)C(=O)O. The Labute approximate surface area is 72.9 Å². The molecule has 0 heterocycles. The van der Waals surface area contributed by atoms with Gasteiger partial charge in [-0.3, -0.25) is 4.79 Å². The number of carboxylic acids is 1. The molecule has 0 spiro atoms. The standard InChI is InChI=1S/C8H18N2O2/c1-8(2,10)5-3-4-6(9)7(11)12/h6H,3-5,9-10H2,1-2H3,(H,11,12)/t6-/m1/s1. The Bertz CT molecular complexity index is 152. The van der Waals surface area contributed by atoms with Gasteiger partial charge in [0.25, 0.3) is 0 Å². The van der Waals surface area contributed by atoms with Crippen molar-refractivity contribution >= 4 is 5.97 Å². The van der Waals surface area contributed by atoms with E-state index in [1.165, 1.54) is 0 Å². The summed E-state index contributed by atoms with van der Waals surface area (Å²) in [4.78, 5) is 10.3. The van der Waals surface area contributed by atoms with Crippen LogP contribution in [0.3, 0.4) is 0 Å². The Morgan fingerprint density at radius 1 is 1.58 bits per heavy atom. The van der Waals surface area contributed by atoms with Gasteiger partial charge in [0.1, 0.15) is 6.04 Å². The number of hydrogen-bond acceptors (Lipinski definition) is 3. The first-order valence-electron chi connectivity index (χ1n) is 4.10. The molecule has 0 unspecified atom stereocenters. The third kappa shape index (κ3) is 6.12. The van der Waals surface area contributed by atoms with Crippen molar-refractivity contribution in [3.63, 3.8) is 0 Å². The molecule has 0 saturated carbocycles. The summed E-state index contributed by atoms with van der Waals surface area (Å²) in [5.74, 6) is -0.940. The highest BCUT2D eigenvalue weighted by Crippen LogP contribution is 2.09. The number of hydrogen-bond donors (Lipinski definition) is 3. The molecule has 0 aromatic carbocycles. The molecule has 1 atom stereocenters. The van der Waals surface area contributed by atoms with Gasteiger partial charge in [-0.2, -0.15) is 0 Å². The van der Waals surface area contributed by atoms with E-state index in [9.17, 15) is 4.79 Å². The van der Waals surface area contributed by atoms with Gasteiger partial charge in [-0.05, 0) is 33.1 Å². The minimum absolute atomic E-state index is 0.224. The first kappa shape index (κ1) is 11.4. The topological polar surface area (TPSA) is 89.3 Å². The monoisotopic (exact) mass is 174 g/mol. The van der Waals surface area contributed by atoms with E-state index in [1.807, 2.05) is 13.8 Å². The molecule has 4 heteroatoms. The van der Waals surface area contributed by atoms with E-state index in [-0.39, 0.29) is 5.54 Å². The summed E-state index contributed by atoms with van der Waals surface area (Å²) >= 11 is 0. The van der Waals surface area contributed by atoms with Gasteiger partial charge in [0, 0.05) is 5.54 Å². The maximum absolute atomic E-state index is 10.3. The number of rotatable bonds is 5. The highest BCUT2D eigenvalue weighted by molar-refractivity contribution is 5.72. The van der Waals surface area contributed by atoms with Crippen molar-refractivity contribution in [2.75, 3.05) is 0 Å². The summed E-state index contributed by atoms with van der Waals surface area (Å²) in [7, 11) is 0. The van der Waals surface area contributed by atoms with Gasteiger partial charge < -0.3 is 16.6 Å². The van der Waals surface area contributed by atoms with Crippen LogP contribution in [-0.2, 0) is 4.79 Å². The second-order valence-corrected chi connectivity index (χ2v) is 3.83. The normalized spacial score (nSPS) is 14.3. The minimum Gasteiger partial charge on any atom is -0.480 e. The fraction of sp³-hybridized carbons (Fsp3) is 0.875. The smallest absolute Gasteiger partial charge is 0.320 e. The summed E-state index contributed by atoms with van der Waals surface area (Å²) in [6.07, 6.45) is 2.06. The number of carbonyl (C=O) groups is 1. The molecule has 4 nitrogen and oxygen atoms in total.